The van der Waals surface area contributed by atoms with Crippen molar-refractivity contribution in [3.8, 4) is 11.6 Å². The third-order valence-corrected chi connectivity index (χ3v) is 6.62. The molecule has 3 aromatic rings. The number of ether oxygens (including phenoxy) is 2. The first-order valence-electron chi connectivity index (χ1n) is 12.1. The quantitative estimate of drug-likeness (QED) is 0.476. The van der Waals surface area contributed by atoms with E-state index in [0.717, 1.165) is 0 Å². The summed E-state index contributed by atoms with van der Waals surface area (Å²) in [4.78, 5) is 16.7. The third kappa shape index (κ3) is 5.38. The van der Waals surface area contributed by atoms with E-state index in [1.807, 2.05) is 29.7 Å². The number of morpholine rings is 1. The largest absolute Gasteiger partial charge is 0.470 e. The van der Waals surface area contributed by atoms with Gasteiger partial charge in [-0.05, 0) is 39.0 Å². The molecule has 37 heavy (non-hydrogen) atoms. The summed E-state index contributed by atoms with van der Waals surface area (Å²) >= 11 is 0. The van der Waals surface area contributed by atoms with Gasteiger partial charge in [-0.15, -0.1) is 15.3 Å². The third-order valence-electron chi connectivity index (χ3n) is 6.62. The molecule has 1 aromatic carbocycles. The minimum absolute atomic E-state index is 0.0582. The van der Waals surface area contributed by atoms with Crippen molar-refractivity contribution < 1.29 is 23.0 Å². The van der Waals surface area contributed by atoms with Crippen molar-refractivity contribution in [2.24, 2.45) is 5.92 Å². The van der Waals surface area contributed by atoms with Crippen molar-refractivity contribution in [1.82, 2.24) is 30.1 Å². The van der Waals surface area contributed by atoms with Gasteiger partial charge in [-0.1, -0.05) is 17.3 Å². The fraction of sp³-hybridized carbons (Fsp3) is 0.480. The van der Waals surface area contributed by atoms with Gasteiger partial charge >= 0.3 is 0 Å². The molecule has 2 fully saturated rings. The molecule has 0 aliphatic carbocycles. The minimum atomic E-state index is -2.53. The SMILES string of the molecule is Cc1nnn(-c2ccc(C(F)F)cc2)c1COc1ccc(N2CC(C(=O)N3CCOC(C)(C)C3)C2)nn1. The number of hydrogen-bond acceptors (Lipinski definition) is 8. The lowest BCUT2D eigenvalue weighted by atomic mass is 9.97. The van der Waals surface area contributed by atoms with Gasteiger partial charge in [0, 0.05) is 37.8 Å². The zero-order chi connectivity index (χ0) is 26.2. The van der Waals surface area contributed by atoms with E-state index < -0.39 is 6.43 Å². The number of rotatable bonds is 7. The summed E-state index contributed by atoms with van der Waals surface area (Å²) in [5.74, 6) is 1.11. The normalized spacial score (nSPS) is 17.7. The molecule has 196 valence electrons. The lowest BCUT2D eigenvalue weighted by Crippen LogP contribution is -2.59. The molecule has 2 aromatic heterocycles. The van der Waals surface area contributed by atoms with Crippen LogP contribution in [0.1, 0.15) is 37.2 Å². The Hall–Kier alpha value is -3.67. The van der Waals surface area contributed by atoms with Gasteiger partial charge in [-0.25, -0.2) is 13.5 Å². The Bertz CT molecular complexity index is 1240. The molecule has 0 unspecified atom stereocenters. The number of aryl methyl sites for hydroxylation is 1. The number of nitrogens with zero attached hydrogens (tertiary/aromatic N) is 7. The van der Waals surface area contributed by atoms with Crippen molar-refractivity contribution in [2.45, 2.75) is 39.4 Å². The maximum absolute atomic E-state index is 12.9. The number of hydrogen-bond donors (Lipinski definition) is 0. The molecular formula is C25H29F2N7O3. The molecule has 10 nitrogen and oxygen atoms in total. The zero-order valence-corrected chi connectivity index (χ0v) is 21.0. The monoisotopic (exact) mass is 513 g/mol. The molecule has 4 heterocycles. The number of aromatic nitrogens is 5. The maximum Gasteiger partial charge on any atom is 0.263 e. The molecule has 2 saturated heterocycles. The summed E-state index contributed by atoms with van der Waals surface area (Å²) in [5, 5.41) is 16.6. The average Bonchev–Trinajstić information content (AvgIpc) is 3.22. The van der Waals surface area contributed by atoms with Gasteiger partial charge in [0.2, 0.25) is 11.8 Å². The molecule has 0 radical (unpaired) electrons. The molecule has 12 heteroatoms. The smallest absolute Gasteiger partial charge is 0.263 e. The van der Waals surface area contributed by atoms with E-state index in [-0.39, 0.29) is 29.6 Å². The molecule has 2 aliphatic heterocycles. The van der Waals surface area contributed by atoms with Crippen LogP contribution in [0.25, 0.3) is 5.69 Å². The summed E-state index contributed by atoms with van der Waals surface area (Å²) in [6.07, 6.45) is -2.53. The number of alkyl halides is 2. The van der Waals surface area contributed by atoms with Gasteiger partial charge < -0.3 is 19.3 Å². The Morgan fingerprint density at radius 3 is 2.54 bits per heavy atom. The van der Waals surface area contributed by atoms with Crippen molar-refractivity contribution in [3.05, 3.63) is 53.3 Å². The summed E-state index contributed by atoms with van der Waals surface area (Å²) in [6, 6.07) is 9.40. The first kappa shape index (κ1) is 25.0. The molecular weight excluding hydrogens is 484 g/mol. The molecule has 0 N–H and O–H groups in total. The molecule has 0 spiro atoms. The van der Waals surface area contributed by atoms with E-state index in [0.29, 0.717) is 61.6 Å². The second kappa shape index (κ2) is 10.0. The Labute approximate surface area is 213 Å². The van der Waals surface area contributed by atoms with Crippen molar-refractivity contribution in [3.63, 3.8) is 0 Å². The topological polar surface area (TPSA) is 98.5 Å². The van der Waals surface area contributed by atoms with Gasteiger partial charge in [0.25, 0.3) is 6.43 Å². The van der Waals surface area contributed by atoms with Gasteiger partial charge in [0.15, 0.2) is 5.82 Å². The van der Waals surface area contributed by atoms with E-state index in [9.17, 15) is 13.6 Å². The predicted octanol–water partition coefficient (Wildman–Crippen LogP) is 2.96. The highest BCUT2D eigenvalue weighted by Crippen LogP contribution is 2.27. The Balaban J connectivity index is 1.16. The predicted molar refractivity (Wildman–Crippen MR) is 130 cm³/mol. The van der Waals surface area contributed by atoms with Crippen LogP contribution in [0.4, 0.5) is 14.6 Å². The van der Waals surface area contributed by atoms with E-state index in [2.05, 4.69) is 20.5 Å². The fourth-order valence-electron chi connectivity index (χ4n) is 4.50. The molecule has 2 aliphatic rings. The van der Waals surface area contributed by atoms with E-state index in [1.165, 1.54) is 12.1 Å². The number of amides is 1. The van der Waals surface area contributed by atoms with E-state index in [1.54, 1.807) is 29.8 Å². The lowest BCUT2D eigenvalue weighted by molar-refractivity contribution is -0.150. The van der Waals surface area contributed by atoms with Crippen molar-refractivity contribution >= 4 is 11.7 Å². The summed E-state index contributed by atoms with van der Waals surface area (Å²) < 4.78 is 38.8. The van der Waals surface area contributed by atoms with Gasteiger partial charge in [-0.2, -0.15) is 0 Å². The standard InChI is InChI=1S/C25H29F2N7O3/c1-16-20(34(31-28-16)19-6-4-17(5-7-19)23(26)27)14-36-22-9-8-21(29-30-22)33-12-18(13-33)24(35)32-10-11-37-25(2,3)15-32/h4-9,18,23H,10-15H2,1-3H3. The van der Waals surface area contributed by atoms with Crippen molar-refractivity contribution in [1.29, 1.82) is 0 Å². The Kier molecular flexibility index (Phi) is 6.76. The molecule has 0 atom stereocenters. The number of anilines is 1. The number of carbonyl (C=O) groups excluding carboxylic acids is 1. The van der Waals surface area contributed by atoms with Crippen LogP contribution in [0.5, 0.6) is 5.88 Å². The number of halogens is 2. The van der Waals surface area contributed by atoms with Crippen LogP contribution >= 0.6 is 0 Å². The highest BCUT2D eigenvalue weighted by atomic mass is 19.3. The van der Waals surface area contributed by atoms with Crippen LogP contribution in [-0.2, 0) is 16.1 Å². The van der Waals surface area contributed by atoms with Gasteiger partial charge in [0.1, 0.15) is 12.3 Å². The van der Waals surface area contributed by atoms with Gasteiger partial charge in [-0.3, -0.25) is 4.79 Å². The van der Waals surface area contributed by atoms with Gasteiger partial charge in [0.05, 0.1) is 29.5 Å². The van der Waals surface area contributed by atoms with Crippen LogP contribution in [-0.4, -0.2) is 74.4 Å². The summed E-state index contributed by atoms with van der Waals surface area (Å²) in [6.45, 7) is 8.89. The van der Waals surface area contributed by atoms with E-state index >= 15 is 0 Å². The second-order valence-electron chi connectivity index (χ2n) is 9.91. The maximum atomic E-state index is 12.9. The molecule has 0 saturated carbocycles. The highest BCUT2D eigenvalue weighted by molar-refractivity contribution is 5.82. The first-order valence-corrected chi connectivity index (χ1v) is 12.1. The van der Waals surface area contributed by atoms with Crippen LogP contribution in [0.15, 0.2) is 36.4 Å². The average molecular weight is 514 g/mol. The number of carbonyl (C=O) groups is 1. The highest BCUT2D eigenvalue weighted by Gasteiger charge is 2.39. The second-order valence-corrected chi connectivity index (χ2v) is 9.91. The zero-order valence-electron chi connectivity index (χ0n) is 21.0. The van der Waals surface area contributed by atoms with E-state index in [4.69, 9.17) is 9.47 Å². The lowest BCUT2D eigenvalue weighted by Gasteiger charge is -2.44. The summed E-state index contributed by atoms with van der Waals surface area (Å²) in [5.41, 5.74) is 1.56. The molecule has 5 rings (SSSR count). The number of benzene rings is 1. The fourth-order valence-corrected chi connectivity index (χ4v) is 4.50. The Morgan fingerprint density at radius 2 is 1.89 bits per heavy atom. The van der Waals surface area contributed by atoms with Crippen LogP contribution in [0.2, 0.25) is 0 Å². The Morgan fingerprint density at radius 1 is 1.14 bits per heavy atom. The first-order chi connectivity index (χ1) is 17.7. The minimum Gasteiger partial charge on any atom is -0.470 e. The molecule has 1 amide bonds. The van der Waals surface area contributed by atoms with Crippen LogP contribution in [0.3, 0.4) is 0 Å². The van der Waals surface area contributed by atoms with Crippen molar-refractivity contribution in [2.75, 3.05) is 37.7 Å². The summed E-state index contributed by atoms with van der Waals surface area (Å²) in [7, 11) is 0. The van der Waals surface area contributed by atoms with Crippen LogP contribution < -0.4 is 9.64 Å². The van der Waals surface area contributed by atoms with Crippen LogP contribution in [0, 0.1) is 12.8 Å². The molecule has 0 bridgehead atoms.